The van der Waals surface area contributed by atoms with E-state index in [4.69, 9.17) is 9.47 Å². The summed E-state index contributed by atoms with van der Waals surface area (Å²) in [5, 5.41) is 0. The van der Waals surface area contributed by atoms with Crippen molar-refractivity contribution in [1.82, 2.24) is 0 Å². The first-order valence-electron chi connectivity index (χ1n) is 5.97. The molecule has 0 amide bonds. The van der Waals surface area contributed by atoms with Crippen molar-refractivity contribution in [1.29, 1.82) is 0 Å². The van der Waals surface area contributed by atoms with Gasteiger partial charge in [-0.25, -0.2) is 0 Å². The van der Waals surface area contributed by atoms with Gasteiger partial charge < -0.3 is 9.47 Å². The third kappa shape index (κ3) is 2.42. The van der Waals surface area contributed by atoms with Gasteiger partial charge in [0.1, 0.15) is 16.0 Å². The summed E-state index contributed by atoms with van der Waals surface area (Å²) in [6, 6.07) is 4.06. The molecule has 0 aliphatic heterocycles. The second kappa shape index (κ2) is 5.04. The monoisotopic (exact) mass is 376 g/mol. The number of rotatable bonds is 4. The number of alkyl halides is 1. The SMILES string of the molecule is COc1ccc(C(Br)C2CC2(C)C)c(OC)c1Br. The summed E-state index contributed by atoms with van der Waals surface area (Å²) >= 11 is 7.37. The molecular weight excluding hydrogens is 360 g/mol. The normalized spacial score (nSPS) is 22.4. The van der Waals surface area contributed by atoms with Crippen molar-refractivity contribution in [2.24, 2.45) is 11.3 Å². The van der Waals surface area contributed by atoms with Crippen LogP contribution in [0.3, 0.4) is 0 Å². The predicted molar refractivity (Wildman–Crippen MR) is 80.8 cm³/mol. The fourth-order valence-electron chi connectivity index (χ4n) is 2.36. The second-order valence-corrected chi connectivity index (χ2v) is 7.18. The molecule has 0 saturated heterocycles. The number of hydrogen-bond donors (Lipinski definition) is 0. The molecule has 2 unspecified atom stereocenters. The topological polar surface area (TPSA) is 18.5 Å². The Kier molecular flexibility index (Phi) is 3.98. The van der Waals surface area contributed by atoms with Crippen LogP contribution in [0.15, 0.2) is 16.6 Å². The van der Waals surface area contributed by atoms with Crippen molar-refractivity contribution in [3.8, 4) is 11.5 Å². The third-order valence-corrected chi connectivity index (χ3v) is 5.64. The van der Waals surface area contributed by atoms with Crippen LogP contribution in [0.25, 0.3) is 0 Å². The molecule has 0 radical (unpaired) electrons. The first-order chi connectivity index (χ1) is 8.42. The Bertz CT molecular complexity index is 457. The largest absolute Gasteiger partial charge is 0.495 e. The average Bonchev–Trinajstić information content (AvgIpc) is 2.97. The molecule has 2 atom stereocenters. The Balaban J connectivity index is 2.36. The zero-order chi connectivity index (χ0) is 13.5. The molecule has 0 heterocycles. The minimum absolute atomic E-state index is 0.324. The van der Waals surface area contributed by atoms with Gasteiger partial charge in [0, 0.05) is 10.4 Å². The van der Waals surface area contributed by atoms with E-state index in [0.29, 0.717) is 16.2 Å². The first-order valence-corrected chi connectivity index (χ1v) is 7.67. The minimum Gasteiger partial charge on any atom is -0.495 e. The van der Waals surface area contributed by atoms with Gasteiger partial charge in [-0.15, -0.1) is 0 Å². The summed E-state index contributed by atoms with van der Waals surface area (Å²) in [6.07, 6.45) is 1.25. The van der Waals surface area contributed by atoms with Gasteiger partial charge in [0.15, 0.2) is 0 Å². The lowest BCUT2D eigenvalue weighted by atomic mass is 10.0. The lowest BCUT2D eigenvalue weighted by Crippen LogP contribution is -2.02. The molecule has 0 aromatic heterocycles. The van der Waals surface area contributed by atoms with Gasteiger partial charge in [-0.1, -0.05) is 35.8 Å². The first kappa shape index (κ1) is 14.2. The molecule has 1 aliphatic carbocycles. The van der Waals surface area contributed by atoms with E-state index in [9.17, 15) is 0 Å². The van der Waals surface area contributed by atoms with Gasteiger partial charge in [-0.05, 0) is 39.8 Å². The van der Waals surface area contributed by atoms with E-state index in [0.717, 1.165) is 16.0 Å². The van der Waals surface area contributed by atoms with Crippen LogP contribution in [-0.4, -0.2) is 14.2 Å². The van der Waals surface area contributed by atoms with Gasteiger partial charge in [-0.2, -0.15) is 0 Å². The maximum absolute atomic E-state index is 5.53. The van der Waals surface area contributed by atoms with Crippen LogP contribution in [-0.2, 0) is 0 Å². The van der Waals surface area contributed by atoms with Crippen molar-refractivity contribution < 1.29 is 9.47 Å². The fraction of sp³-hybridized carbons (Fsp3) is 0.571. The molecule has 2 nitrogen and oxygen atoms in total. The fourth-order valence-corrected chi connectivity index (χ4v) is 4.31. The highest BCUT2D eigenvalue weighted by molar-refractivity contribution is 9.10. The van der Waals surface area contributed by atoms with Crippen molar-refractivity contribution in [3.05, 3.63) is 22.2 Å². The van der Waals surface area contributed by atoms with Crippen LogP contribution in [0.4, 0.5) is 0 Å². The number of halogens is 2. The molecule has 2 rings (SSSR count). The zero-order valence-corrected chi connectivity index (χ0v) is 14.3. The van der Waals surface area contributed by atoms with E-state index in [-0.39, 0.29) is 0 Å². The standard InChI is InChI=1S/C14H18Br2O2/c1-14(2)7-9(14)11(15)8-5-6-10(17-3)12(16)13(8)18-4/h5-6,9,11H,7H2,1-4H3. The van der Waals surface area contributed by atoms with Gasteiger partial charge in [-0.3, -0.25) is 0 Å². The molecule has 18 heavy (non-hydrogen) atoms. The zero-order valence-electron chi connectivity index (χ0n) is 11.1. The summed E-state index contributed by atoms with van der Waals surface area (Å²) in [7, 11) is 3.36. The summed E-state index contributed by atoms with van der Waals surface area (Å²) in [6.45, 7) is 4.61. The average molecular weight is 378 g/mol. The summed E-state index contributed by atoms with van der Waals surface area (Å²) in [4.78, 5) is 0.324. The smallest absolute Gasteiger partial charge is 0.141 e. The van der Waals surface area contributed by atoms with E-state index in [1.165, 1.54) is 12.0 Å². The molecule has 1 aliphatic rings. The van der Waals surface area contributed by atoms with Crippen LogP contribution < -0.4 is 9.47 Å². The van der Waals surface area contributed by atoms with Crippen LogP contribution in [0.1, 0.15) is 30.7 Å². The summed E-state index contributed by atoms with van der Waals surface area (Å²) < 4.78 is 11.7. The Morgan fingerprint density at radius 1 is 1.28 bits per heavy atom. The summed E-state index contributed by atoms with van der Waals surface area (Å²) in [5.41, 5.74) is 1.60. The van der Waals surface area contributed by atoms with E-state index in [2.05, 4.69) is 51.8 Å². The molecule has 1 saturated carbocycles. The van der Waals surface area contributed by atoms with Crippen LogP contribution in [0.2, 0.25) is 0 Å². The molecule has 1 aromatic carbocycles. The summed E-state index contributed by atoms with van der Waals surface area (Å²) in [5.74, 6) is 2.32. The maximum atomic E-state index is 5.53. The van der Waals surface area contributed by atoms with Crippen molar-refractivity contribution in [2.75, 3.05) is 14.2 Å². The lowest BCUT2D eigenvalue weighted by Gasteiger charge is -2.18. The molecule has 0 spiro atoms. The lowest BCUT2D eigenvalue weighted by molar-refractivity contribution is 0.384. The van der Waals surface area contributed by atoms with Gasteiger partial charge in [0.2, 0.25) is 0 Å². The van der Waals surface area contributed by atoms with Crippen molar-refractivity contribution in [3.63, 3.8) is 0 Å². The molecule has 4 heteroatoms. The van der Waals surface area contributed by atoms with Crippen LogP contribution >= 0.6 is 31.9 Å². The third-order valence-electron chi connectivity index (χ3n) is 3.76. The Morgan fingerprint density at radius 3 is 2.33 bits per heavy atom. The Morgan fingerprint density at radius 2 is 1.89 bits per heavy atom. The molecule has 1 aromatic rings. The minimum atomic E-state index is 0.324. The van der Waals surface area contributed by atoms with Crippen LogP contribution in [0.5, 0.6) is 11.5 Å². The number of ether oxygens (including phenoxy) is 2. The number of methoxy groups -OCH3 is 2. The predicted octanol–water partition coefficient (Wildman–Crippen LogP) is 4.95. The number of hydrogen-bond acceptors (Lipinski definition) is 2. The molecule has 1 fully saturated rings. The second-order valence-electron chi connectivity index (χ2n) is 5.41. The van der Waals surface area contributed by atoms with E-state index in [1.54, 1.807) is 14.2 Å². The van der Waals surface area contributed by atoms with E-state index < -0.39 is 0 Å². The molecule has 0 bridgehead atoms. The van der Waals surface area contributed by atoms with Crippen LogP contribution in [0, 0.1) is 11.3 Å². The Hall–Kier alpha value is -0.220. The van der Waals surface area contributed by atoms with Crippen molar-refractivity contribution >= 4 is 31.9 Å². The van der Waals surface area contributed by atoms with Gasteiger partial charge in [0.05, 0.1) is 14.2 Å². The van der Waals surface area contributed by atoms with E-state index in [1.807, 2.05) is 6.07 Å². The quantitative estimate of drug-likeness (QED) is 0.691. The van der Waals surface area contributed by atoms with Crippen molar-refractivity contribution in [2.45, 2.75) is 25.1 Å². The molecular formula is C14H18Br2O2. The molecule has 0 N–H and O–H groups in total. The highest BCUT2D eigenvalue weighted by Gasteiger charge is 2.50. The van der Waals surface area contributed by atoms with Gasteiger partial charge >= 0.3 is 0 Å². The maximum Gasteiger partial charge on any atom is 0.141 e. The Labute approximate surface area is 125 Å². The van der Waals surface area contributed by atoms with Gasteiger partial charge in [0.25, 0.3) is 0 Å². The van der Waals surface area contributed by atoms with E-state index >= 15 is 0 Å². The highest BCUT2D eigenvalue weighted by Crippen LogP contribution is 2.62. The highest BCUT2D eigenvalue weighted by atomic mass is 79.9. The number of benzene rings is 1. The molecule has 100 valence electrons.